The molecule has 0 atom stereocenters. The minimum absolute atomic E-state index is 0.629. The second-order valence-electron chi connectivity index (χ2n) is 3.25. The maximum absolute atomic E-state index is 5.51. The van der Waals surface area contributed by atoms with Crippen LogP contribution >= 0.6 is 0 Å². The van der Waals surface area contributed by atoms with Gasteiger partial charge >= 0.3 is 0 Å². The van der Waals surface area contributed by atoms with Crippen molar-refractivity contribution in [3.05, 3.63) is 30.1 Å². The highest BCUT2D eigenvalue weighted by Gasteiger charge is 2.06. The van der Waals surface area contributed by atoms with Gasteiger partial charge in [-0.1, -0.05) is 19.1 Å². The Morgan fingerprint density at radius 1 is 1.13 bits per heavy atom. The molecule has 0 N–H and O–H groups in total. The molecule has 0 aliphatic carbocycles. The van der Waals surface area contributed by atoms with Crippen molar-refractivity contribution in [3.8, 4) is 5.88 Å². The molecule has 0 bridgehead atoms. The number of hydrogen-bond donors (Lipinski definition) is 0. The van der Waals surface area contributed by atoms with E-state index in [1.54, 1.807) is 0 Å². The Morgan fingerprint density at radius 3 is 2.67 bits per heavy atom. The van der Waals surface area contributed by atoms with Crippen LogP contribution in [-0.4, -0.2) is 16.6 Å². The van der Waals surface area contributed by atoms with Crippen molar-refractivity contribution in [1.82, 2.24) is 9.97 Å². The van der Waals surface area contributed by atoms with Crippen LogP contribution in [0.3, 0.4) is 0 Å². The van der Waals surface area contributed by atoms with Crippen LogP contribution in [0.5, 0.6) is 5.88 Å². The molecule has 0 aliphatic rings. The summed E-state index contributed by atoms with van der Waals surface area (Å²) in [7, 11) is 0. The molecular formula is C12H14N2O. The quantitative estimate of drug-likeness (QED) is 0.767. The zero-order valence-corrected chi connectivity index (χ0v) is 9.03. The molecule has 0 saturated heterocycles. The van der Waals surface area contributed by atoms with E-state index in [9.17, 15) is 0 Å². The number of hydrogen-bond acceptors (Lipinski definition) is 3. The molecule has 1 heterocycles. The van der Waals surface area contributed by atoms with E-state index in [1.807, 2.05) is 38.1 Å². The SMILES string of the molecule is CCOc1nc(CC)nc2ccccc12. The van der Waals surface area contributed by atoms with Gasteiger partial charge in [-0.2, -0.15) is 4.98 Å². The zero-order chi connectivity index (χ0) is 10.7. The molecular weight excluding hydrogens is 188 g/mol. The van der Waals surface area contributed by atoms with Crippen LogP contribution in [0.4, 0.5) is 0 Å². The van der Waals surface area contributed by atoms with Crippen molar-refractivity contribution in [2.75, 3.05) is 6.61 Å². The van der Waals surface area contributed by atoms with Crippen molar-refractivity contribution in [2.24, 2.45) is 0 Å². The van der Waals surface area contributed by atoms with Crippen molar-refractivity contribution >= 4 is 10.9 Å². The minimum atomic E-state index is 0.629. The fourth-order valence-corrected chi connectivity index (χ4v) is 1.50. The van der Waals surface area contributed by atoms with Gasteiger partial charge in [-0.15, -0.1) is 0 Å². The van der Waals surface area contributed by atoms with E-state index in [1.165, 1.54) is 0 Å². The molecule has 0 spiro atoms. The third-order valence-electron chi connectivity index (χ3n) is 2.21. The summed E-state index contributed by atoms with van der Waals surface area (Å²) in [6.07, 6.45) is 0.824. The molecule has 15 heavy (non-hydrogen) atoms. The summed E-state index contributed by atoms with van der Waals surface area (Å²) in [6.45, 7) is 4.63. The predicted molar refractivity (Wildman–Crippen MR) is 60.1 cm³/mol. The van der Waals surface area contributed by atoms with Crippen LogP contribution in [0.25, 0.3) is 10.9 Å². The van der Waals surface area contributed by atoms with Crippen LogP contribution < -0.4 is 4.74 Å². The van der Waals surface area contributed by atoms with Crippen LogP contribution in [0, 0.1) is 0 Å². The van der Waals surface area contributed by atoms with Gasteiger partial charge in [0.05, 0.1) is 17.5 Å². The summed E-state index contributed by atoms with van der Waals surface area (Å²) < 4.78 is 5.51. The molecule has 78 valence electrons. The molecule has 2 aromatic rings. The Balaban J connectivity index is 2.63. The molecule has 0 fully saturated rings. The fraction of sp³-hybridized carbons (Fsp3) is 0.333. The average molecular weight is 202 g/mol. The molecule has 0 aliphatic heterocycles. The first-order valence-corrected chi connectivity index (χ1v) is 5.23. The van der Waals surface area contributed by atoms with Crippen molar-refractivity contribution in [3.63, 3.8) is 0 Å². The Hall–Kier alpha value is -1.64. The molecule has 2 rings (SSSR count). The molecule has 3 heteroatoms. The van der Waals surface area contributed by atoms with Crippen molar-refractivity contribution in [1.29, 1.82) is 0 Å². The molecule has 1 aromatic carbocycles. The lowest BCUT2D eigenvalue weighted by Gasteiger charge is -2.07. The third kappa shape index (κ3) is 1.91. The number of rotatable bonds is 3. The highest BCUT2D eigenvalue weighted by Crippen LogP contribution is 2.22. The number of benzene rings is 1. The predicted octanol–water partition coefficient (Wildman–Crippen LogP) is 2.59. The average Bonchev–Trinajstić information content (AvgIpc) is 2.29. The van der Waals surface area contributed by atoms with E-state index in [0.29, 0.717) is 12.5 Å². The zero-order valence-electron chi connectivity index (χ0n) is 9.03. The molecule has 0 amide bonds. The first-order chi connectivity index (χ1) is 7.35. The highest BCUT2D eigenvalue weighted by molar-refractivity contribution is 5.83. The number of aryl methyl sites for hydroxylation is 1. The minimum Gasteiger partial charge on any atom is -0.477 e. The largest absolute Gasteiger partial charge is 0.477 e. The lowest BCUT2D eigenvalue weighted by atomic mass is 10.2. The Kier molecular flexibility index (Phi) is 2.81. The summed E-state index contributed by atoms with van der Waals surface area (Å²) in [6, 6.07) is 7.92. The Bertz CT molecular complexity index is 468. The maximum Gasteiger partial charge on any atom is 0.224 e. The number of nitrogens with zero attached hydrogens (tertiary/aromatic N) is 2. The first kappa shape index (κ1) is 9.90. The van der Waals surface area contributed by atoms with Gasteiger partial charge in [-0.05, 0) is 19.1 Å². The third-order valence-corrected chi connectivity index (χ3v) is 2.21. The van der Waals surface area contributed by atoms with Gasteiger partial charge < -0.3 is 4.74 Å². The normalized spacial score (nSPS) is 10.5. The van der Waals surface area contributed by atoms with Crippen LogP contribution in [0.2, 0.25) is 0 Å². The second-order valence-corrected chi connectivity index (χ2v) is 3.25. The van der Waals surface area contributed by atoms with E-state index in [0.717, 1.165) is 23.1 Å². The Labute approximate surface area is 89.1 Å². The van der Waals surface area contributed by atoms with Crippen LogP contribution in [0.15, 0.2) is 24.3 Å². The standard InChI is InChI=1S/C12H14N2O/c1-3-11-13-10-8-6-5-7-9(10)12(14-11)15-4-2/h5-8H,3-4H2,1-2H3. The van der Waals surface area contributed by atoms with E-state index in [2.05, 4.69) is 9.97 Å². The number of aromatic nitrogens is 2. The summed E-state index contributed by atoms with van der Waals surface area (Å²) >= 11 is 0. The lowest BCUT2D eigenvalue weighted by Crippen LogP contribution is -2.00. The first-order valence-electron chi connectivity index (χ1n) is 5.23. The summed E-state index contributed by atoms with van der Waals surface area (Å²) in [4.78, 5) is 8.82. The molecule has 0 unspecified atom stereocenters. The number of para-hydroxylation sites is 1. The van der Waals surface area contributed by atoms with E-state index in [4.69, 9.17) is 4.74 Å². The second kappa shape index (κ2) is 4.26. The molecule has 1 aromatic heterocycles. The van der Waals surface area contributed by atoms with E-state index in [-0.39, 0.29) is 0 Å². The van der Waals surface area contributed by atoms with Gasteiger partial charge in [-0.3, -0.25) is 0 Å². The van der Waals surface area contributed by atoms with Gasteiger partial charge in [-0.25, -0.2) is 4.98 Å². The maximum atomic E-state index is 5.51. The van der Waals surface area contributed by atoms with Crippen LogP contribution in [0.1, 0.15) is 19.7 Å². The van der Waals surface area contributed by atoms with Gasteiger partial charge in [0.1, 0.15) is 5.82 Å². The summed E-state index contributed by atoms with van der Waals surface area (Å²) in [5.74, 6) is 1.53. The van der Waals surface area contributed by atoms with E-state index >= 15 is 0 Å². The fourth-order valence-electron chi connectivity index (χ4n) is 1.50. The highest BCUT2D eigenvalue weighted by atomic mass is 16.5. The number of fused-ring (bicyclic) bond motifs is 1. The van der Waals surface area contributed by atoms with Gasteiger partial charge in [0, 0.05) is 6.42 Å². The monoisotopic (exact) mass is 202 g/mol. The smallest absolute Gasteiger partial charge is 0.224 e. The van der Waals surface area contributed by atoms with Crippen molar-refractivity contribution < 1.29 is 4.74 Å². The van der Waals surface area contributed by atoms with Crippen molar-refractivity contribution in [2.45, 2.75) is 20.3 Å². The van der Waals surface area contributed by atoms with Crippen LogP contribution in [-0.2, 0) is 6.42 Å². The van der Waals surface area contributed by atoms with Gasteiger partial charge in [0.15, 0.2) is 0 Å². The lowest BCUT2D eigenvalue weighted by molar-refractivity contribution is 0.329. The molecule has 0 radical (unpaired) electrons. The van der Waals surface area contributed by atoms with E-state index < -0.39 is 0 Å². The van der Waals surface area contributed by atoms with Gasteiger partial charge in [0.25, 0.3) is 0 Å². The molecule has 3 nitrogen and oxygen atoms in total. The topological polar surface area (TPSA) is 35.0 Å². The van der Waals surface area contributed by atoms with Gasteiger partial charge in [0.2, 0.25) is 5.88 Å². The summed E-state index contributed by atoms with van der Waals surface area (Å²) in [5.41, 5.74) is 0.952. The Morgan fingerprint density at radius 2 is 1.93 bits per heavy atom. The number of ether oxygens (including phenoxy) is 1. The summed E-state index contributed by atoms with van der Waals surface area (Å²) in [5, 5.41) is 0.983. The molecule has 0 saturated carbocycles.